The van der Waals surface area contributed by atoms with Crippen molar-refractivity contribution in [2.24, 2.45) is 0 Å². The van der Waals surface area contributed by atoms with Crippen molar-refractivity contribution < 1.29 is 15.0 Å². The number of hydrogen-bond donors (Lipinski definition) is 2. The number of nitrogens with zero attached hydrogens (tertiary/aromatic N) is 1. The Bertz CT molecular complexity index is 500. The Morgan fingerprint density at radius 3 is 2.42 bits per heavy atom. The minimum absolute atomic E-state index is 0.0514. The highest BCUT2D eigenvalue weighted by Gasteiger charge is 2.40. The van der Waals surface area contributed by atoms with E-state index in [1.54, 1.807) is 12.1 Å². The zero-order chi connectivity index (χ0) is 13.6. The van der Waals surface area contributed by atoms with Crippen LogP contribution in [-0.2, 0) is 0 Å². The molecule has 4 heteroatoms. The van der Waals surface area contributed by atoms with E-state index in [1.807, 2.05) is 6.07 Å². The smallest absolute Gasteiger partial charge is 0.163 e. The molecule has 2 heterocycles. The first kappa shape index (κ1) is 12.5. The molecule has 102 valence electrons. The lowest BCUT2D eigenvalue weighted by Crippen LogP contribution is -2.44. The van der Waals surface area contributed by atoms with Crippen LogP contribution >= 0.6 is 0 Å². The number of carbonyl (C=O) groups excluding carboxylic acids is 1. The number of piperidine rings is 1. The van der Waals surface area contributed by atoms with Gasteiger partial charge in [-0.1, -0.05) is 0 Å². The molecule has 19 heavy (non-hydrogen) atoms. The first-order chi connectivity index (χ1) is 9.06. The summed E-state index contributed by atoms with van der Waals surface area (Å²) in [5, 5.41) is 19.7. The molecule has 1 aromatic carbocycles. The van der Waals surface area contributed by atoms with Gasteiger partial charge in [0.1, 0.15) is 5.75 Å². The quantitative estimate of drug-likeness (QED) is 0.800. The Morgan fingerprint density at radius 2 is 1.89 bits per heavy atom. The fraction of sp³-hybridized carbons (Fsp3) is 0.533. The van der Waals surface area contributed by atoms with Gasteiger partial charge in [0.25, 0.3) is 0 Å². The molecular formula is C15H19NO3. The van der Waals surface area contributed by atoms with Crippen molar-refractivity contribution in [3.63, 3.8) is 0 Å². The van der Waals surface area contributed by atoms with Gasteiger partial charge in [-0.2, -0.15) is 0 Å². The number of hydrogen-bond acceptors (Lipinski definition) is 4. The lowest BCUT2D eigenvalue weighted by molar-refractivity contribution is 0.101. The summed E-state index contributed by atoms with van der Waals surface area (Å²) in [5.41, 5.74) is 1.33. The van der Waals surface area contributed by atoms with Crippen LogP contribution in [0.4, 0.5) is 5.69 Å². The number of aromatic hydroxyl groups is 1. The van der Waals surface area contributed by atoms with Gasteiger partial charge in [-0.3, -0.25) is 4.79 Å². The first-order valence-electron chi connectivity index (χ1n) is 6.86. The zero-order valence-corrected chi connectivity index (χ0v) is 11.0. The number of benzene rings is 1. The third kappa shape index (κ3) is 2.10. The molecule has 2 aliphatic heterocycles. The Kier molecular flexibility index (Phi) is 2.97. The number of ketones is 1. The van der Waals surface area contributed by atoms with Crippen molar-refractivity contribution in [2.75, 3.05) is 4.90 Å². The molecular weight excluding hydrogens is 242 g/mol. The van der Waals surface area contributed by atoms with Gasteiger partial charge >= 0.3 is 0 Å². The second-order valence-corrected chi connectivity index (χ2v) is 5.68. The van der Waals surface area contributed by atoms with E-state index in [0.29, 0.717) is 17.6 Å². The second-order valence-electron chi connectivity index (χ2n) is 5.68. The van der Waals surface area contributed by atoms with Gasteiger partial charge in [0.15, 0.2) is 5.78 Å². The Hall–Kier alpha value is -1.55. The monoisotopic (exact) mass is 261 g/mol. The third-order valence-electron chi connectivity index (χ3n) is 4.37. The number of phenols is 1. The van der Waals surface area contributed by atoms with E-state index in [2.05, 4.69) is 4.90 Å². The van der Waals surface area contributed by atoms with Crippen LogP contribution in [0.15, 0.2) is 18.2 Å². The summed E-state index contributed by atoms with van der Waals surface area (Å²) in [6, 6.07) is 5.99. The lowest BCUT2D eigenvalue weighted by Gasteiger charge is -2.39. The summed E-state index contributed by atoms with van der Waals surface area (Å²) in [4.78, 5) is 13.6. The number of anilines is 1. The summed E-state index contributed by atoms with van der Waals surface area (Å²) in [7, 11) is 0. The number of fused-ring (bicyclic) bond motifs is 2. The number of aliphatic hydroxyl groups excluding tert-OH is 1. The molecule has 2 saturated heterocycles. The van der Waals surface area contributed by atoms with Gasteiger partial charge in [-0.15, -0.1) is 0 Å². The zero-order valence-electron chi connectivity index (χ0n) is 11.0. The molecule has 2 fully saturated rings. The van der Waals surface area contributed by atoms with Crippen LogP contribution in [0.5, 0.6) is 5.75 Å². The number of phenolic OH excluding ortho intramolecular Hbond substituents is 1. The van der Waals surface area contributed by atoms with Crippen molar-refractivity contribution in [2.45, 2.75) is 50.8 Å². The van der Waals surface area contributed by atoms with Crippen LogP contribution in [-0.4, -0.2) is 34.2 Å². The van der Waals surface area contributed by atoms with Crippen molar-refractivity contribution in [3.8, 4) is 5.75 Å². The summed E-state index contributed by atoms with van der Waals surface area (Å²) in [6.07, 6.45) is 3.59. The second kappa shape index (κ2) is 4.53. The molecule has 2 aliphatic rings. The molecule has 2 N–H and O–H groups in total. The maximum absolute atomic E-state index is 11.3. The highest BCUT2D eigenvalue weighted by Crippen LogP contribution is 2.40. The van der Waals surface area contributed by atoms with Crippen LogP contribution in [0.2, 0.25) is 0 Å². The topological polar surface area (TPSA) is 60.8 Å². The average molecular weight is 261 g/mol. The van der Waals surface area contributed by atoms with Crippen molar-refractivity contribution >= 4 is 11.5 Å². The van der Waals surface area contributed by atoms with Crippen molar-refractivity contribution in [3.05, 3.63) is 23.8 Å². The van der Waals surface area contributed by atoms with E-state index >= 15 is 0 Å². The molecule has 0 radical (unpaired) electrons. The molecule has 0 aliphatic carbocycles. The first-order valence-corrected chi connectivity index (χ1v) is 6.86. The molecule has 0 spiro atoms. The van der Waals surface area contributed by atoms with Gasteiger partial charge in [0.2, 0.25) is 0 Å². The largest absolute Gasteiger partial charge is 0.507 e. The van der Waals surface area contributed by atoms with Crippen LogP contribution in [0.1, 0.15) is 43.0 Å². The van der Waals surface area contributed by atoms with Gasteiger partial charge in [-0.05, 0) is 44.7 Å². The third-order valence-corrected chi connectivity index (χ3v) is 4.37. The molecule has 0 saturated carbocycles. The molecule has 4 nitrogen and oxygen atoms in total. The Labute approximate surface area is 112 Å². The number of aliphatic hydroxyl groups is 1. The Morgan fingerprint density at radius 1 is 1.26 bits per heavy atom. The maximum Gasteiger partial charge on any atom is 0.163 e. The van der Waals surface area contributed by atoms with Gasteiger partial charge in [0.05, 0.1) is 11.7 Å². The maximum atomic E-state index is 11.3. The highest BCUT2D eigenvalue weighted by molar-refractivity contribution is 5.97. The molecule has 1 aromatic rings. The Balaban J connectivity index is 1.91. The number of carbonyl (C=O) groups is 1. The van der Waals surface area contributed by atoms with Crippen molar-refractivity contribution in [1.82, 2.24) is 0 Å². The van der Waals surface area contributed by atoms with E-state index in [9.17, 15) is 15.0 Å². The normalized spacial score (nSPS) is 29.6. The fourth-order valence-electron chi connectivity index (χ4n) is 3.55. The molecule has 2 atom stereocenters. The number of rotatable bonds is 2. The van der Waals surface area contributed by atoms with Crippen LogP contribution in [0.25, 0.3) is 0 Å². The molecule has 0 aromatic heterocycles. The molecule has 2 bridgehead atoms. The lowest BCUT2D eigenvalue weighted by atomic mass is 9.98. The molecule has 0 amide bonds. The van der Waals surface area contributed by atoms with E-state index < -0.39 is 0 Å². The summed E-state index contributed by atoms with van der Waals surface area (Å²) in [5.74, 6) is -0.0726. The minimum Gasteiger partial charge on any atom is -0.507 e. The molecule has 3 rings (SSSR count). The van der Waals surface area contributed by atoms with E-state index in [1.165, 1.54) is 6.92 Å². The SMILES string of the molecule is CC(=O)c1ccc(N2C3CCC2CC(O)C3)cc1O. The highest BCUT2D eigenvalue weighted by atomic mass is 16.3. The van der Waals surface area contributed by atoms with Gasteiger partial charge in [-0.25, -0.2) is 0 Å². The molecule has 2 unspecified atom stereocenters. The number of Topliss-reactive ketones (excluding diaryl/α,β-unsaturated/α-hetero) is 1. The summed E-state index contributed by atoms with van der Waals surface area (Å²) < 4.78 is 0. The minimum atomic E-state index is -0.196. The van der Waals surface area contributed by atoms with Gasteiger partial charge in [0, 0.05) is 23.8 Å². The predicted octanol–water partition coefficient (Wildman–Crippen LogP) is 2.09. The fourth-order valence-corrected chi connectivity index (χ4v) is 3.55. The van der Waals surface area contributed by atoms with E-state index in [4.69, 9.17) is 0 Å². The summed E-state index contributed by atoms with van der Waals surface area (Å²) in [6.45, 7) is 1.45. The van der Waals surface area contributed by atoms with Crippen LogP contribution in [0.3, 0.4) is 0 Å². The van der Waals surface area contributed by atoms with Gasteiger partial charge < -0.3 is 15.1 Å². The predicted molar refractivity (Wildman–Crippen MR) is 72.6 cm³/mol. The van der Waals surface area contributed by atoms with E-state index in [0.717, 1.165) is 31.4 Å². The standard InChI is InChI=1S/C15H19NO3/c1-9(17)14-5-4-12(8-15(14)19)16-10-2-3-11(16)7-13(18)6-10/h4-5,8,10-11,13,18-19H,2-3,6-7H2,1H3. The summed E-state index contributed by atoms with van der Waals surface area (Å²) >= 11 is 0. The average Bonchev–Trinajstić information content (AvgIpc) is 2.61. The van der Waals surface area contributed by atoms with E-state index in [-0.39, 0.29) is 17.6 Å². The van der Waals surface area contributed by atoms with Crippen LogP contribution in [0, 0.1) is 0 Å². The van der Waals surface area contributed by atoms with Crippen LogP contribution < -0.4 is 4.90 Å². The van der Waals surface area contributed by atoms with Crippen molar-refractivity contribution in [1.29, 1.82) is 0 Å².